The van der Waals surface area contributed by atoms with Crippen LogP contribution < -0.4 is 26.9 Å². The number of allylic oxidation sites excluding steroid dienone is 1. The standard InChI is InChI=1S/C30H47FN10O2/c1-4-24(42)39-14-13-38(17-20(39)8-10-32)28-21-15-22(31)26-23-16-34-37-40(23)12-6-5-7-19-9-11-33-25(18(2)3)27(19)41(29(21)35-26)30(43)36-28/h4-6,18-23,25-29,33-35,37H,1,7-9,11-17H2,2-3H3,(H,36,43)/b6-5-. The van der Waals surface area contributed by atoms with Crippen molar-refractivity contribution in [3.8, 4) is 6.07 Å². The quantitative estimate of drug-likeness (QED) is 0.228. The number of fused-ring (bicyclic) bond motifs is 5. The number of hydrogen-bond acceptors (Lipinski definition) is 9. The minimum atomic E-state index is -1.12. The van der Waals surface area contributed by atoms with E-state index in [0.717, 1.165) is 19.4 Å². The summed E-state index contributed by atoms with van der Waals surface area (Å²) in [7, 11) is 0. The largest absolute Gasteiger partial charge is 0.333 e. The summed E-state index contributed by atoms with van der Waals surface area (Å²) in [6.07, 6.45) is 6.09. The molecule has 13 heteroatoms. The maximum atomic E-state index is 16.4. The van der Waals surface area contributed by atoms with Crippen molar-refractivity contribution in [2.75, 3.05) is 39.3 Å². The summed E-state index contributed by atoms with van der Waals surface area (Å²) in [4.78, 5) is 32.8. The fourth-order valence-corrected chi connectivity index (χ4v) is 8.55. The second kappa shape index (κ2) is 12.8. The summed E-state index contributed by atoms with van der Waals surface area (Å²) >= 11 is 0. The van der Waals surface area contributed by atoms with Gasteiger partial charge in [-0.05, 0) is 43.7 Å². The van der Waals surface area contributed by atoms with Gasteiger partial charge in [0.1, 0.15) is 6.17 Å². The molecule has 6 rings (SSSR count). The smallest absolute Gasteiger partial charge is 0.320 e. The number of carbonyl (C=O) groups is 2. The third-order valence-electron chi connectivity index (χ3n) is 10.6. The van der Waals surface area contributed by atoms with Gasteiger partial charge in [-0.15, -0.1) is 0 Å². The average molecular weight is 599 g/mol. The van der Waals surface area contributed by atoms with E-state index in [-0.39, 0.29) is 60.5 Å². The van der Waals surface area contributed by atoms with E-state index in [1.807, 2.05) is 4.90 Å². The first-order valence-electron chi connectivity index (χ1n) is 16.0. The maximum Gasteiger partial charge on any atom is 0.320 e. The number of halogens is 1. The van der Waals surface area contributed by atoms with Crippen molar-refractivity contribution >= 4 is 11.9 Å². The number of nitrogens with zero attached hydrogens (tertiary/aromatic N) is 5. The van der Waals surface area contributed by atoms with Crippen LogP contribution in [0.1, 0.15) is 39.5 Å². The van der Waals surface area contributed by atoms with Crippen molar-refractivity contribution in [1.82, 2.24) is 46.6 Å². The van der Waals surface area contributed by atoms with Crippen molar-refractivity contribution in [3.63, 3.8) is 0 Å². The number of alkyl halides is 1. The number of hydrogen-bond donors (Lipinski definition) is 5. The molecule has 10 atom stereocenters. The molecule has 12 nitrogen and oxygen atoms in total. The van der Waals surface area contributed by atoms with Gasteiger partial charge in [-0.25, -0.2) is 19.6 Å². The summed E-state index contributed by atoms with van der Waals surface area (Å²) in [5.74, 6) is 0.155. The normalized spacial score (nSPS) is 41.2. The Balaban J connectivity index is 1.36. The Morgan fingerprint density at radius 2 is 2.12 bits per heavy atom. The Bertz CT molecular complexity index is 1130. The van der Waals surface area contributed by atoms with Crippen molar-refractivity contribution in [3.05, 3.63) is 24.8 Å². The Kier molecular flexibility index (Phi) is 9.05. The number of piperazine rings is 1. The number of nitrogens with one attached hydrogen (secondary N) is 5. The minimum Gasteiger partial charge on any atom is -0.333 e. The average Bonchev–Trinajstić information content (AvgIpc) is 3.46. The van der Waals surface area contributed by atoms with Gasteiger partial charge in [-0.1, -0.05) is 32.6 Å². The monoisotopic (exact) mass is 598 g/mol. The fourth-order valence-electron chi connectivity index (χ4n) is 8.55. The fraction of sp³-hybridized carbons (Fsp3) is 0.767. The Hall–Kier alpha value is -2.60. The molecule has 0 aliphatic carbocycles. The molecule has 10 unspecified atom stereocenters. The molecule has 3 amide bonds. The lowest BCUT2D eigenvalue weighted by Gasteiger charge is -2.59. The highest BCUT2D eigenvalue weighted by Crippen LogP contribution is 2.40. The zero-order valence-corrected chi connectivity index (χ0v) is 25.3. The van der Waals surface area contributed by atoms with Gasteiger partial charge in [-0.3, -0.25) is 15.0 Å². The molecule has 2 bridgehead atoms. The molecular formula is C30H47FN10O2. The van der Waals surface area contributed by atoms with Gasteiger partial charge in [0.15, 0.2) is 0 Å². The number of hydrazine groups is 2. The summed E-state index contributed by atoms with van der Waals surface area (Å²) in [6.45, 7) is 11.6. The number of urea groups is 1. The molecule has 43 heavy (non-hydrogen) atoms. The van der Waals surface area contributed by atoms with E-state index in [0.29, 0.717) is 45.1 Å². The molecule has 6 heterocycles. The second-order valence-corrected chi connectivity index (χ2v) is 13.3. The van der Waals surface area contributed by atoms with Crippen molar-refractivity contribution in [2.45, 2.75) is 88.2 Å². The molecule has 6 aliphatic rings. The molecular weight excluding hydrogens is 551 g/mol. The predicted molar refractivity (Wildman–Crippen MR) is 159 cm³/mol. The van der Waals surface area contributed by atoms with Crippen LogP contribution in [0.5, 0.6) is 0 Å². The van der Waals surface area contributed by atoms with Crippen LogP contribution >= 0.6 is 0 Å². The Labute approximate surface area is 254 Å². The summed E-state index contributed by atoms with van der Waals surface area (Å²) in [5, 5.41) is 22.4. The second-order valence-electron chi connectivity index (χ2n) is 13.3. The topological polar surface area (TPSA) is 131 Å². The summed E-state index contributed by atoms with van der Waals surface area (Å²) in [6, 6.07) is 1.22. The van der Waals surface area contributed by atoms with E-state index in [2.05, 4.69) is 75.5 Å². The van der Waals surface area contributed by atoms with Gasteiger partial charge in [0.2, 0.25) is 5.91 Å². The first kappa shape index (κ1) is 30.4. The van der Waals surface area contributed by atoms with E-state index in [9.17, 15) is 14.9 Å². The Morgan fingerprint density at radius 3 is 2.88 bits per heavy atom. The SMILES string of the molecule is C=CC(=O)N1CCN(C2NC(=O)N3C4NC(C(F)CC24)C2CNNN2C/C=C\CC2CCNC(C(C)C)C23)CC1CC#N. The number of rotatable bonds is 4. The van der Waals surface area contributed by atoms with Gasteiger partial charge in [-0.2, -0.15) is 10.8 Å². The third-order valence-corrected chi connectivity index (χ3v) is 10.6. The first-order chi connectivity index (χ1) is 20.8. The maximum absolute atomic E-state index is 16.4. The molecule has 0 aromatic heterocycles. The molecule has 0 saturated carbocycles. The molecule has 236 valence electrons. The van der Waals surface area contributed by atoms with Crippen LogP contribution in [0.15, 0.2) is 24.8 Å². The van der Waals surface area contributed by atoms with Crippen LogP contribution in [-0.4, -0.2) is 120 Å². The minimum absolute atomic E-state index is 0.0556. The van der Waals surface area contributed by atoms with E-state index in [4.69, 9.17) is 0 Å². The number of piperidine rings is 2. The highest BCUT2D eigenvalue weighted by Gasteiger charge is 2.56. The molecule has 0 aromatic rings. The zero-order chi connectivity index (χ0) is 30.2. The van der Waals surface area contributed by atoms with Crippen LogP contribution in [0.4, 0.5) is 9.18 Å². The Morgan fingerprint density at radius 1 is 1.28 bits per heavy atom. The first-order valence-corrected chi connectivity index (χ1v) is 16.0. The number of carbonyl (C=O) groups excluding carboxylic acids is 2. The molecule has 5 fully saturated rings. The third kappa shape index (κ3) is 5.69. The van der Waals surface area contributed by atoms with E-state index >= 15 is 4.39 Å². The van der Waals surface area contributed by atoms with Gasteiger partial charge >= 0.3 is 6.03 Å². The van der Waals surface area contributed by atoms with Crippen LogP contribution in [-0.2, 0) is 4.79 Å². The van der Waals surface area contributed by atoms with Gasteiger partial charge in [0.25, 0.3) is 0 Å². The molecule has 0 spiro atoms. The molecule has 0 radical (unpaired) electrons. The highest BCUT2D eigenvalue weighted by atomic mass is 19.1. The molecule has 5 saturated heterocycles. The van der Waals surface area contributed by atoms with E-state index in [1.165, 1.54) is 6.08 Å². The van der Waals surface area contributed by atoms with E-state index in [1.54, 1.807) is 4.90 Å². The van der Waals surface area contributed by atoms with Gasteiger partial charge in [0.05, 0.1) is 49.0 Å². The lowest BCUT2D eigenvalue weighted by atomic mass is 9.76. The summed E-state index contributed by atoms with van der Waals surface area (Å²) in [5.41, 5.74) is 6.42. The van der Waals surface area contributed by atoms with Gasteiger partial charge < -0.3 is 20.4 Å². The van der Waals surface area contributed by atoms with Crippen LogP contribution in [0.3, 0.4) is 0 Å². The highest BCUT2D eigenvalue weighted by molar-refractivity contribution is 5.87. The number of nitriles is 1. The van der Waals surface area contributed by atoms with Crippen molar-refractivity contribution in [2.24, 2.45) is 17.8 Å². The zero-order valence-electron chi connectivity index (χ0n) is 25.3. The lowest BCUT2D eigenvalue weighted by Crippen LogP contribution is -2.80. The van der Waals surface area contributed by atoms with Gasteiger partial charge in [0, 0.05) is 44.7 Å². The van der Waals surface area contributed by atoms with E-state index < -0.39 is 18.4 Å². The number of amides is 3. The molecule has 0 aromatic carbocycles. The van der Waals surface area contributed by atoms with Crippen molar-refractivity contribution < 1.29 is 14.0 Å². The molecule has 6 aliphatic heterocycles. The van der Waals surface area contributed by atoms with Crippen LogP contribution in [0, 0.1) is 29.1 Å². The predicted octanol–water partition coefficient (Wildman–Crippen LogP) is 0.248. The van der Waals surface area contributed by atoms with Crippen molar-refractivity contribution in [1.29, 1.82) is 5.26 Å². The van der Waals surface area contributed by atoms with Crippen LogP contribution in [0.2, 0.25) is 0 Å². The van der Waals surface area contributed by atoms with Crippen LogP contribution in [0.25, 0.3) is 0 Å². The summed E-state index contributed by atoms with van der Waals surface area (Å²) < 4.78 is 16.4. The lowest BCUT2D eigenvalue weighted by molar-refractivity contribution is -0.133. The molecule has 5 N–H and O–H groups in total.